The van der Waals surface area contributed by atoms with Gasteiger partial charge in [-0.05, 0) is 24.1 Å². The van der Waals surface area contributed by atoms with E-state index in [1.165, 1.54) is 5.56 Å². The summed E-state index contributed by atoms with van der Waals surface area (Å²) in [6, 6.07) is 17.6. The van der Waals surface area contributed by atoms with E-state index in [9.17, 15) is 5.11 Å². The van der Waals surface area contributed by atoms with Gasteiger partial charge >= 0.3 is 0 Å². The lowest BCUT2D eigenvalue weighted by molar-refractivity contribution is 0.0888. The van der Waals surface area contributed by atoms with Crippen LogP contribution in [0.25, 0.3) is 11.3 Å². The van der Waals surface area contributed by atoms with Crippen molar-refractivity contribution in [2.24, 2.45) is 0 Å². The van der Waals surface area contributed by atoms with Gasteiger partial charge in [-0.3, -0.25) is 0 Å². The van der Waals surface area contributed by atoms with Gasteiger partial charge in [0.05, 0.1) is 19.3 Å². The van der Waals surface area contributed by atoms with Gasteiger partial charge in [0.2, 0.25) is 0 Å². The Labute approximate surface area is 153 Å². The van der Waals surface area contributed by atoms with Gasteiger partial charge in [-0.15, -0.1) is 5.10 Å². The van der Waals surface area contributed by atoms with Crippen molar-refractivity contribution in [2.45, 2.75) is 19.1 Å². The summed E-state index contributed by atoms with van der Waals surface area (Å²) in [5.74, 6) is 0.730. The number of aromatic nitrogens is 3. The second-order valence-electron chi connectivity index (χ2n) is 6.04. The van der Waals surface area contributed by atoms with Crippen LogP contribution in [0.3, 0.4) is 0 Å². The zero-order valence-electron chi connectivity index (χ0n) is 14.8. The first-order valence-corrected chi connectivity index (χ1v) is 8.59. The van der Waals surface area contributed by atoms with Crippen molar-refractivity contribution in [1.82, 2.24) is 15.0 Å². The molecule has 0 saturated heterocycles. The topological polar surface area (TPSA) is 69.4 Å². The summed E-state index contributed by atoms with van der Waals surface area (Å²) in [7, 11) is 1.69. The number of ether oxygens (including phenoxy) is 2. The molecule has 1 atom stereocenters. The molecule has 0 spiro atoms. The van der Waals surface area contributed by atoms with Crippen LogP contribution in [-0.2, 0) is 17.7 Å². The standard InChI is InChI=1S/C20H23N3O3/c1-25-12-11-16-7-9-19(10-8-16)26-15-18(24)13-23-14-20(21-22-23)17-5-3-2-4-6-17/h2-10,14,18,24H,11-13,15H2,1H3. The lowest BCUT2D eigenvalue weighted by Gasteiger charge is -2.12. The molecule has 0 fully saturated rings. The van der Waals surface area contributed by atoms with Crippen LogP contribution in [0.1, 0.15) is 5.56 Å². The molecule has 1 unspecified atom stereocenters. The van der Waals surface area contributed by atoms with Crippen LogP contribution < -0.4 is 4.74 Å². The molecule has 0 amide bonds. The van der Waals surface area contributed by atoms with Crippen LogP contribution in [0.4, 0.5) is 0 Å². The first-order valence-electron chi connectivity index (χ1n) is 8.59. The second kappa shape index (κ2) is 9.12. The van der Waals surface area contributed by atoms with Crippen molar-refractivity contribution in [2.75, 3.05) is 20.3 Å². The zero-order valence-corrected chi connectivity index (χ0v) is 14.8. The molecule has 0 saturated carbocycles. The third kappa shape index (κ3) is 5.15. The first-order chi connectivity index (χ1) is 12.7. The Balaban J connectivity index is 1.48. The van der Waals surface area contributed by atoms with E-state index in [4.69, 9.17) is 9.47 Å². The molecule has 26 heavy (non-hydrogen) atoms. The number of hydrogen-bond donors (Lipinski definition) is 1. The van der Waals surface area contributed by atoms with Gasteiger partial charge in [0.1, 0.15) is 24.2 Å². The largest absolute Gasteiger partial charge is 0.491 e. The van der Waals surface area contributed by atoms with E-state index in [1.807, 2.05) is 60.8 Å². The molecule has 1 aromatic heterocycles. The molecule has 6 nitrogen and oxygen atoms in total. The van der Waals surface area contributed by atoms with E-state index in [1.54, 1.807) is 11.8 Å². The van der Waals surface area contributed by atoms with Crippen LogP contribution in [0.2, 0.25) is 0 Å². The number of benzene rings is 2. The number of hydrogen-bond acceptors (Lipinski definition) is 5. The minimum Gasteiger partial charge on any atom is -0.491 e. The van der Waals surface area contributed by atoms with Crippen molar-refractivity contribution in [3.05, 3.63) is 66.4 Å². The van der Waals surface area contributed by atoms with E-state index in [-0.39, 0.29) is 6.61 Å². The van der Waals surface area contributed by atoms with Crippen LogP contribution in [0.5, 0.6) is 5.75 Å². The normalized spacial score (nSPS) is 12.1. The van der Waals surface area contributed by atoms with Crippen molar-refractivity contribution in [1.29, 1.82) is 0 Å². The van der Waals surface area contributed by atoms with Crippen LogP contribution in [-0.4, -0.2) is 46.5 Å². The number of nitrogens with zero attached hydrogens (tertiary/aromatic N) is 3. The van der Waals surface area contributed by atoms with E-state index in [0.717, 1.165) is 23.4 Å². The third-order valence-electron chi connectivity index (χ3n) is 3.97. The minimum absolute atomic E-state index is 0.192. The fourth-order valence-corrected chi connectivity index (χ4v) is 2.56. The van der Waals surface area contributed by atoms with Gasteiger partial charge in [-0.1, -0.05) is 47.7 Å². The summed E-state index contributed by atoms with van der Waals surface area (Å²) in [6.45, 7) is 1.21. The fourth-order valence-electron chi connectivity index (χ4n) is 2.56. The first kappa shape index (κ1) is 18.1. The maximum Gasteiger partial charge on any atom is 0.119 e. The molecule has 0 aliphatic rings. The fraction of sp³-hybridized carbons (Fsp3) is 0.300. The second-order valence-corrected chi connectivity index (χ2v) is 6.04. The molecule has 0 radical (unpaired) electrons. The summed E-state index contributed by atoms with van der Waals surface area (Å²) in [5, 5.41) is 18.4. The van der Waals surface area contributed by atoms with E-state index >= 15 is 0 Å². The summed E-state index contributed by atoms with van der Waals surface area (Å²) in [4.78, 5) is 0. The van der Waals surface area contributed by atoms with Gasteiger partial charge in [0, 0.05) is 12.7 Å². The highest BCUT2D eigenvalue weighted by atomic mass is 16.5. The highest BCUT2D eigenvalue weighted by molar-refractivity contribution is 5.57. The van der Waals surface area contributed by atoms with E-state index in [2.05, 4.69) is 10.3 Å². The monoisotopic (exact) mass is 353 g/mol. The minimum atomic E-state index is -0.673. The highest BCUT2D eigenvalue weighted by Gasteiger charge is 2.10. The molecular formula is C20H23N3O3. The summed E-state index contributed by atoms with van der Waals surface area (Å²) in [5.41, 5.74) is 2.97. The molecule has 3 rings (SSSR count). The molecule has 0 bridgehead atoms. The zero-order chi connectivity index (χ0) is 18.2. The molecule has 3 aromatic rings. The maximum atomic E-state index is 10.2. The molecule has 6 heteroatoms. The summed E-state index contributed by atoms with van der Waals surface area (Å²) >= 11 is 0. The molecule has 1 heterocycles. The molecular weight excluding hydrogens is 330 g/mol. The van der Waals surface area contributed by atoms with Crippen LogP contribution in [0, 0.1) is 0 Å². The number of rotatable bonds is 9. The molecule has 2 aromatic carbocycles. The number of aliphatic hydroxyl groups excluding tert-OH is 1. The van der Waals surface area contributed by atoms with E-state index < -0.39 is 6.10 Å². The van der Waals surface area contributed by atoms with Gasteiger partial charge < -0.3 is 14.6 Å². The smallest absolute Gasteiger partial charge is 0.119 e. The van der Waals surface area contributed by atoms with Gasteiger partial charge in [0.25, 0.3) is 0 Å². The Morgan fingerprint density at radius 1 is 1.08 bits per heavy atom. The number of methoxy groups -OCH3 is 1. The average Bonchev–Trinajstić information content (AvgIpc) is 3.14. The van der Waals surface area contributed by atoms with Crippen molar-refractivity contribution in [3.8, 4) is 17.0 Å². The highest BCUT2D eigenvalue weighted by Crippen LogP contribution is 2.15. The third-order valence-corrected chi connectivity index (χ3v) is 3.97. The predicted octanol–water partition coefficient (Wildman–Crippen LogP) is 2.57. The summed E-state index contributed by atoms with van der Waals surface area (Å²) in [6.07, 6.45) is 2.02. The lowest BCUT2D eigenvalue weighted by atomic mass is 10.1. The Morgan fingerprint density at radius 2 is 1.85 bits per heavy atom. The van der Waals surface area contributed by atoms with Crippen LogP contribution in [0.15, 0.2) is 60.8 Å². The SMILES string of the molecule is COCCc1ccc(OCC(O)Cn2cc(-c3ccccc3)nn2)cc1. The van der Waals surface area contributed by atoms with Crippen molar-refractivity contribution >= 4 is 0 Å². The van der Waals surface area contributed by atoms with Crippen molar-refractivity contribution < 1.29 is 14.6 Å². The maximum absolute atomic E-state index is 10.2. The summed E-state index contributed by atoms with van der Waals surface area (Å²) < 4.78 is 12.3. The Hall–Kier alpha value is -2.70. The predicted molar refractivity (Wildman–Crippen MR) is 99.0 cm³/mol. The number of aliphatic hydroxyl groups is 1. The van der Waals surface area contributed by atoms with Crippen LogP contribution >= 0.6 is 0 Å². The quantitative estimate of drug-likeness (QED) is 0.640. The van der Waals surface area contributed by atoms with Gasteiger partial charge in [0.15, 0.2) is 0 Å². The van der Waals surface area contributed by atoms with Gasteiger partial charge in [-0.2, -0.15) is 0 Å². The van der Waals surface area contributed by atoms with Crippen molar-refractivity contribution in [3.63, 3.8) is 0 Å². The Bertz CT molecular complexity index is 788. The lowest BCUT2D eigenvalue weighted by Crippen LogP contribution is -2.23. The molecule has 1 N–H and O–H groups in total. The molecule has 136 valence electrons. The van der Waals surface area contributed by atoms with Gasteiger partial charge in [-0.25, -0.2) is 4.68 Å². The average molecular weight is 353 g/mol. The Morgan fingerprint density at radius 3 is 2.58 bits per heavy atom. The van der Waals surface area contributed by atoms with E-state index in [0.29, 0.717) is 13.2 Å². The Kier molecular flexibility index (Phi) is 6.35. The molecule has 0 aliphatic heterocycles. The molecule has 0 aliphatic carbocycles.